The summed E-state index contributed by atoms with van der Waals surface area (Å²) in [4.78, 5) is 16.3. The lowest BCUT2D eigenvalue weighted by Gasteiger charge is -2.37. The number of β-amino-alcohol motifs (C(OH)–C–C–N with tert-alkyl or cyclic N) is 1. The van der Waals surface area contributed by atoms with Gasteiger partial charge < -0.3 is 20.2 Å². The van der Waals surface area contributed by atoms with E-state index in [2.05, 4.69) is 10.2 Å². The first-order chi connectivity index (χ1) is 9.61. The van der Waals surface area contributed by atoms with E-state index in [4.69, 9.17) is 0 Å². The van der Waals surface area contributed by atoms with Crippen LogP contribution in [0.15, 0.2) is 0 Å². The number of nitrogens with zero attached hydrogens (tertiary/aromatic N) is 2. The quantitative estimate of drug-likeness (QED) is 0.787. The molecule has 3 fully saturated rings. The summed E-state index contributed by atoms with van der Waals surface area (Å²) in [6.07, 6.45) is 4.47. The van der Waals surface area contributed by atoms with E-state index in [1.54, 1.807) is 0 Å². The number of amides is 1. The lowest BCUT2D eigenvalue weighted by molar-refractivity contribution is -0.135. The Kier molecular flexibility index (Phi) is 7.40. The summed E-state index contributed by atoms with van der Waals surface area (Å²) in [6.45, 7) is 7.45. The summed E-state index contributed by atoms with van der Waals surface area (Å²) in [5.74, 6) is 0.229. The summed E-state index contributed by atoms with van der Waals surface area (Å²) < 4.78 is 0. The molecule has 3 aliphatic rings. The highest BCUT2D eigenvalue weighted by Gasteiger charge is 2.50. The second-order valence-electron chi connectivity index (χ2n) is 6.78. The molecule has 1 amide bonds. The molecular weight excluding hydrogens is 325 g/mol. The first-order valence-electron chi connectivity index (χ1n) is 8.03. The van der Waals surface area contributed by atoms with Crippen molar-refractivity contribution < 1.29 is 9.90 Å². The topological polar surface area (TPSA) is 55.8 Å². The predicted molar refractivity (Wildman–Crippen MR) is 91.9 cm³/mol. The molecule has 1 spiro atoms. The van der Waals surface area contributed by atoms with E-state index in [0.29, 0.717) is 5.41 Å². The minimum Gasteiger partial charge on any atom is -0.391 e. The average molecular weight is 354 g/mol. The number of piperazine rings is 1. The average Bonchev–Trinajstić information content (AvgIpc) is 3.20. The van der Waals surface area contributed by atoms with E-state index in [-0.39, 0.29) is 42.9 Å². The fourth-order valence-electron chi connectivity index (χ4n) is 3.62. The van der Waals surface area contributed by atoms with Crippen LogP contribution in [0.5, 0.6) is 0 Å². The number of carbonyl (C=O) groups excluding carboxylic acids is 1. The van der Waals surface area contributed by atoms with Crippen LogP contribution < -0.4 is 5.32 Å². The summed E-state index contributed by atoms with van der Waals surface area (Å²) in [6, 6.07) is -0.0321. The number of hydrogen-bond acceptors (Lipinski definition) is 4. The van der Waals surface area contributed by atoms with E-state index < -0.39 is 0 Å². The van der Waals surface area contributed by atoms with Crippen molar-refractivity contribution in [3.63, 3.8) is 0 Å². The maximum absolute atomic E-state index is 12.0. The van der Waals surface area contributed by atoms with Crippen LogP contribution in [0.25, 0.3) is 0 Å². The van der Waals surface area contributed by atoms with Crippen molar-refractivity contribution in [2.75, 3.05) is 39.3 Å². The van der Waals surface area contributed by atoms with Crippen LogP contribution in [0.4, 0.5) is 0 Å². The summed E-state index contributed by atoms with van der Waals surface area (Å²) in [5.41, 5.74) is 0.292. The molecule has 0 aromatic rings. The van der Waals surface area contributed by atoms with E-state index in [0.717, 1.165) is 52.1 Å². The molecule has 0 aromatic carbocycles. The number of aliphatic hydroxyl groups excluding tert-OH is 1. The largest absolute Gasteiger partial charge is 0.391 e. The molecule has 2 saturated heterocycles. The van der Waals surface area contributed by atoms with E-state index in [1.165, 1.54) is 12.8 Å². The minimum atomic E-state index is -0.128. The van der Waals surface area contributed by atoms with Crippen molar-refractivity contribution >= 4 is 30.7 Å². The van der Waals surface area contributed by atoms with Gasteiger partial charge in [0.05, 0.1) is 12.1 Å². The minimum absolute atomic E-state index is 0. The second kappa shape index (κ2) is 8.15. The number of nitrogens with one attached hydrogen (secondary N) is 1. The standard InChI is InChI=1S/C15H27N3O2.2ClH/c1-12-14(20)18(10-6-16-12)8-2-7-17-9-5-15(3-4-15)13(19)11-17;;/h12-13,16,19H,2-11H2,1H3;2*1H. The molecule has 0 radical (unpaired) electrons. The summed E-state index contributed by atoms with van der Waals surface area (Å²) in [7, 11) is 0. The first-order valence-corrected chi connectivity index (χ1v) is 8.03. The zero-order valence-corrected chi connectivity index (χ0v) is 14.9. The fourth-order valence-corrected chi connectivity index (χ4v) is 3.62. The zero-order chi connectivity index (χ0) is 14.2. The van der Waals surface area contributed by atoms with Crippen LogP contribution in [0.2, 0.25) is 0 Å². The van der Waals surface area contributed by atoms with Gasteiger partial charge in [-0.3, -0.25) is 4.79 Å². The van der Waals surface area contributed by atoms with E-state index >= 15 is 0 Å². The monoisotopic (exact) mass is 353 g/mol. The maximum Gasteiger partial charge on any atom is 0.239 e. The number of aliphatic hydroxyl groups is 1. The highest BCUT2D eigenvalue weighted by atomic mass is 35.5. The number of carbonyl (C=O) groups is 1. The number of halogens is 2. The van der Waals surface area contributed by atoms with Crippen molar-refractivity contribution in [3.8, 4) is 0 Å². The lowest BCUT2D eigenvalue weighted by Crippen LogP contribution is -2.54. The molecule has 7 heteroatoms. The van der Waals surface area contributed by atoms with Gasteiger partial charge in [0.15, 0.2) is 0 Å². The van der Waals surface area contributed by atoms with Gasteiger partial charge in [0.25, 0.3) is 0 Å². The number of rotatable bonds is 4. The van der Waals surface area contributed by atoms with Crippen LogP contribution in [0.1, 0.15) is 32.6 Å². The Morgan fingerprint density at radius 1 is 1.23 bits per heavy atom. The fraction of sp³-hybridized carbons (Fsp3) is 0.933. The van der Waals surface area contributed by atoms with Crippen molar-refractivity contribution in [2.45, 2.75) is 44.8 Å². The van der Waals surface area contributed by atoms with E-state index in [1.807, 2.05) is 11.8 Å². The first kappa shape index (κ1) is 20.0. The Morgan fingerprint density at radius 2 is 1.95 bits per heavy atom. The van der Waals surface area contributed by atoms with Crippen molar-refractivity contribution in [1.29, 1.82) is 0 Å². The number of likely N-dealkylation sites (tertiary alicyclic amines) is 1. The number of hydrogen-bond donors (Lipinski definition) is 2. The van der Waals surface area contributed by atoms with Gasteiger partial charge in [0, 0.05) is 26.2 Å². The highest BCUT2D eigenvalue weighted by molar-refractivity contribution is 5.85. The second-order valence-corrected chi connectivity index (χ2v) is 6.78. The third kappa shape index (κ3) is 4.26. The molecule has 130 valence electrons. The molecule has 2 aliphatic heterocycles. The molecule has 1 aliphatic carbocycles. The SMILES string of the molecule is CC1NCCN(CCCN2CCC3(CC3)C(O)C2)C1=O.Cl.Cl. The third-order valence-electron chi connectivity index (χ3n) is 5.37. The Bertz CT molecular complexity index is 380. The smallest absolute Gasteiger partial charge is 0.239 e. The van der Waals surface area contributed by atoms with Gasteiger partial charge in [-0.15, -0.1) is 24.8 Å². The summed E-state index contributed by atoms with van der Waals surface area (Å²) >= 11 is 0. The van der Waals surface area contributed by atoms with Crippen LogP contribution >= 0.6 is 24.8 Å². The molecule has 0 aromatic heterocycles. The Labute approximate surface area is 145 Å². The molecule has 22 heavy (non-hydrogen) atoms. The molecular formula is C15H29Cl2N3O2. The number of piperidine rings is 1. The molecule has 0 bridgehead atoms. The van der Waals surface area contributed by atoms with Crippen LogP contribution in [-0.4, -0.2) is 72.2 Å². The van der Waals surface area contributed by atoms with Gasteiger partial charge in [-0.1, -0.05) is 0 Å². The molecule has 3 rings (SSSR count). The van der Waals surface area contributed by atoms with Gasteiger partial charge in [-0.25, -0.2) is 0 Å². The van der Waals surface area contributed by atoms with Gasteiger partial charge in [0.2, 0.25) is 5.91 Å². The lowest BCUT2D eigenvalue weighted by atomic mass is 9.90. The molecule has 2 heterocycles. The van der Waals surface area contributed by atoms with Gasteiger partial charge in [-0.05, 0) is 51.1 Å². The van der Waals surface area contributed by atoms with Gasteiger partial charge in [-0.2, -0.15) is 0 Å². The molecule has 5 nitrogen and oxygen atoms in total. The Morgan fingerprint density at radius 3 is 2.59 bits per heavy atom. The van der Waals surface area contributed by atoms with Crippen molar-refractivity contribution in [1.82, 2.24) is 15.1 Å². The van der Waals surface area contributed by atoms with Crippen LogP contribution in [0, 0.1) is 5.41 Å². The Balaban J connectivity index is 0.00000121. The molecule has 1 saturated carbocycles. The molecule has 2 unspecified atom stereocenters. The zero-order valence-electron chi connectivity index (χ0n) is 13.3. The third-order valence-corrected chi connectivity index (χ3v) is 5.37. The van der Waals surface area contributed by atoms with Crippen molar-refractivity contribution in [2.24, 2.45) is 5.41 Å². The van der Waals surface area contributed by atoms with Gasteiger partial charge >= 0.3 is 0 Å². The molecule has 2 atom stereocenters. The van der Waals surface area contributed by atoms with Crippen LogP contribution in [0.3, 0.4) is 0 Å². The highest BCUT2D eigenvalue weighted by Crippen LogP contribution is 2.53. The predicted octanol–water partition coefficient (Wildman–Crippen LogP) is 0.887. The normalized spacial score (nSPS) is 30.6. The van der Waals surface area contributed by atoms with Crippen LogP contribution in [-0.2, 0) is 4.79 Å². The van der Waals surface area contributed by atoms with Crippen molar-refractivity contribution in [3.05, 3.63) is 0 Å². The van der Waals surface area contributed by atoms with E-state index in [9.17, 15) is 9.90 Å². The van der Waals surface area contributed by atoms with Gasteiger partial charge in [0.1, 0.15) is 0 Å². The Hall–Kier alpha value is -0.0700. The summed E-state index contributed by atoms with van der Waals surface area (Å²) in [5, 5.41) is 13.4. The molecule has 2 N–H and O–H groups in total. The maximum atomic E-state index is 12.0.